The number of rotatable bonds is 5. The minimum absolute atomic E-state index is 0.0678. The van der Waals surface area contributed by atoms with E-state index in [-0.39, 0.29) is 36.1 Å². The molecule has 2 aliphatic rings. The summed E-state index contributed by atoms with van der Waals surface area (Å²) < 4.78 is 18.3. The van der Waals surface area contributed by atoms with Crippen molar-refractivity contribution in [3.8, 4) is 0 Å². The van der Waals surface area contributed by atoms with Gasteiger partial charge in [-0.15, -0.1) is 0 Å². The van der Waals surface area contributed by atoms with E-state index in [1.165, 1.54) is 17.0 Å². The van der Waals surface area contributed by atoms with Gasteiger partial charge in [-0.3, -0.25) is 9.59 Å². The summed E-state index contributed by atoms with van der Waals surface area (Å²) in [5.41, 5.74) is 0.937. The lowest BCUT2D eigenvalue weighted by Gasteiger charge is -2.33. The third-order valence-corrected chi connectivity index (χ3v) is 4.63. The van der Waals surface area contributed by atoms with E-state index < -0.39 is 5.97 Å². The Bertz CT molecular complexity index is 583. The highest BCUT2D eigenvalue weighted by Gasteiger charge is 2.47. The van der Waals surface area contributed by atoms with Gasteiger partial charge in [0.05, 0.1) is 0 Å². The summed E-state index contributed by atoms with van der Waals surface area (Å²) >= 11 is 0. The maximum absolute atomic E-state index is 13.0. The van der Waals surface area contributed by atoms with Crippen molar-refractivity contribution in [1.82, 2.24) is 4.90 Å². The van der Waals surface area contributed by atoms with Crippen LogP contribution >= 0.6 is 0 Å². The highest BCUT2D eigenvalue weighted by atomic mass is 19.1. The molecule has 2 atom stereocenters. The van der Waals surface area contributed by atoms with Gasteiger partial charge in [-0.25, -0.2) is 4.39 Å². The number of halogens is 1. The minimum Gasteiger partial charge on any atom is -0.480 e. The lowest BCUT2D eigenvalue weighted by atomic mass is 10.0. The van der Waals surface area contributed by atoms with Crippen LogP contribution < -0.4 is 0 Å². The lowest BCUT2D eigenvalue weighted by molar-refractivity contribution is -0.148. The summed E-state index contributed by atoms with van der Waals surface area (Å²) in [6.07, 6.45) is 2.05. The molecule has 1 N–H and O–H groups in total. The van der Waals surface area contributed by atoms with Crippen LogP contribution in [0.4, 0.5) is 4.39 Å². The van der Waals surface area contributed by atoms with Gasteiger partial charge in [0, 0.05) is 25.2 Å². The number of aliphatic carboxylic acids is 1. The maximum Gasteiger partial charge on any atom is 0.323 e. The molecule has 0 spiro atoms. The van der Waals surface area contributed by atoms with Crippen molar-refractivity contribution >= 4 is 11.9 Å². The molecular formula is C17H20FNO4. The van der Waals surface area contributed by atoms with Gasteiger partial charge in [0.2, 0.25) is 5.91 Å². The van der Waals surface area contributed by atoms with Gasteiger partial charge in [-0.2, -0.15) is 0 Å². The van der Waals surface area contributed by atoms with Gasteiger partial charge < -0.3 is 14.7 Å². The van der Waals surface area contributed by atoms with E-state index >= 15 is 0 Å². The van der Waals surface area contributed by atoms with Crippen molar-refractivity contribution in [3.63, 3.8) is 0 Å². The summed E-state index contributed by atoms with van der Waals surface area (Å²) in [6, 6.07) is 6.11. The van der Waals surface area contributed by atoms with Crippen LogP contribution in [0.25, 0.3) is 0 Å². The number of ether oxygens (including phenoxy) is 1. The number of benzene rings is 1. The van der Waals surface area contributed by atoms with Crippen LogP contribution in [0.15, 0.2) is 24.3 Å². The number of hydrogen-bond donors (Lipinski definition) is 1. The molecule has 3 rings (SSSR count). The average Bonchev–Trinajstić information content (AvgIpc) is 3.34. The molecule has 1 saturated heterocycles. The summed E-state index contributed by atoms with van der Waals surface area (Å²) in [5, 5.41) is 9.11. The largest absolute Gasteiger partial charge is 0.480 e. The highest BCUT2D eigenvalue weighted by Crippen LogP contribution is 2.48. The van der Waals surface area contributed by atoms with Crippen molar-refractivity contribution in [3.05, 3.63) is 35.6 Å². The monoisotopic (exact) mass is 321 g/mol. The van der Waals surface area contributed by atoms with Gasteiger partial charge >= 0.3 is 5.97 Å². The fourth-order valence-electron chi connectivity index (χ4n) is 3.29. The molecule has 0 bridgehead atoms. The molecule has 1 heterocycles. The maximum atomic E-state index is 13.0. The number of nitrogens with zero attached hydrogens (tertiary/aromatic N) is 1. The molecule has 2 fully saturated rings. The van der Waals surface area contributed by atoms with E-state index in [0.29, 0.717) is 32.5 Å². The number of carbonyl (C=O) groups is 2. The van der Waals surface area contributed by atoms with Crippen molar-refractivity contribution in [1.29, 1.82) is 0 Å². The molecule has 23 heavy (non-hydrogen) atoms. The Morgan fingerprint density at radius 1 is 1.22 bits per heavy atom. The molecule has 1 aliphatic heterocycles. The average molecular weight is 321 g/mol. The molecule has 1 amide bonds. The van der Waals surface area contributed by atoms with E-state index in [0.717, 1.165) is 5.56 Å². The second-order valence-electron chi connectivity index (χ2n) is 6.20. The first kappa shape index (κ1) is 15.9. The zero-order valence-corrected chi connectivity index (χ0v) is 12.8. The number of carboxylic acid groups (broad SMARTS) is 1. The standard InChI is InChI=1S/C17H20FNO4/c18-12-3-1-11(2-4-12)14-9-15(14)17(22)19(10-16(20)21)13-5-7-23-8-6-13/h1-4,13-15H,5-10H2,(H,20,21)/t14-,15-/m1/s1. The van der Waals surface area contributed by atoms with E-state index in [4.69, 9.17) is 9.84 Å². The molecule has 1 saturated carbocycles. The Kier molecular flexibility index (Phi) is 4.61. The van der Waals surface area contributed by atoms with Crippen LogP contribution in [0, 0.1) is 11.7 Å². The first-order chi connectivity index (χ1) is 11.1. The molecule has 0 radical (unpaired) electrons. The van der Waals surface area contributed by atoms with Gasteiger partial charge in [0.1, 0.15) is 12.4 Å². The zero-order valence-electron chi connectivity index (χ0n) is 12.8. The Balaban J connectivity index is 1.68. The van der Waals surface area contributed by atoms with Crippen molar-refractivity contribution in [2.45, 2.75) is 31.2 Å². The van der Waals surface area contributed by atoms with Crippen LogP contribution in [-0.4, -0.2) is 47.7 Å². The normalized spacial score (nSPS) is 24.2. The van der Waals surface area contributed by atoms with Gasteiger partial charge in [0.15, 0.2) is 0 Å². The zero-order chi connectivity index (χ0) is 16.4. The first-order valence-corrected chi connectivity index (χ1v) is 7.91. The molecule has 0 unspecified atom stereocenters. The Morgan fingerprint density at radius 2 is 1.87 bits per heavy atom. The minimum atomic E-state index is -0.996. The summed E-state index contributed by atoms with van der Waals surface area (Å²) in [6.45, 7) is 0.844. The predicted molar refractivity (Wildman–Crippen MR) is 80.4 cm³/mol. The van der Waals surface area contributed by atoms with E-state index in [1.54, 1.807) is 12.1 Å². The molecule has 0 aromatic heterocycles. The quantitative estimate of drug-likeness (QED) is 0.901. The third kappa shape index (κ3) is 3.69. The number of hydrogen-bond acceptors (Lipinski definition) is 3. The first-order valence-electron chi connectivity index (χ1n) is 7.91. The van der Waals surface area contributed by atoms with E-state index in [9.17, 15) is 14.0 Å². The fraction of sp³-hybridized carbons (Fsp3) is 0.529. The van der Waals surface area contributed by atoms with Crippen LogP contribution in [-0.2, 0) is 14.3 Å². The van der Waals surface area contributed by atoms with Crippen LogP contribution in [0.1, 0.15) is 30.7 Å². The highest BCUT2D eigenvalue weighted by molar-refractivity contribution is 5.86. The Morgan fingerprint density at radius 3 is 2.48 bits per heavy atom. The van der Waals surface area contributed by atoms with Crippen molar-refractivity contribution < 1.29 is 23.8 Å². The predicted octanol–water partition coefficient (Wildman–Crippen LogP) is 2.02. The van der Waals surface area contributed by atoms with Crippen molar-refractivity contribution in [2.24, 2.45) is 5.92 Å². The van der Waals surface area contributed by atoms with Crippen LogP contribution in [0.3, 0.4) is 0 Å². The van der Waals surface area contributed by atoms with Gasteiger partial charge in [0.25, 0.3) is 0 Å². The second kappa shape index (κ2) is 6.66. The topological polar surface area (TPSA) is 66.8 Å². The number of amides is 1. The molecule has 1 aliphatic carbocycles. The Labute approximate surface area is 134 Å². The molecule has 5 nitrogen and oxygen atoms in total. The van der Waals surface area contributed by atoms with Crippen molar-refractivity contribution in [2.75, 3.05) is 19.8 Å². The third-order valence-electron chi connectivity index (χ3n) is 4.63. The SMILES string of the molecule is O=C(O)CN(C(=O)[C@@H]1C[C@@H]1c1ccc(F)cc1)C1CCOCC1. The number of carbonyl (C=O) groups excluding carboxylic acids is 1. The fourth-order valence-corrected chi connectivity index (χ4v) is 3.29. The summed E-state index contributed by atoms with van der Waals surface area (Å²) in [4.78, 5) is 25.4. The smallest absolute Gasteiger partial charge is 0.323 e. The molecule has 1 aromatic rings. The summed E-state index contributed by atoms with van der Waals surface area (Å²) in [5.74, 6) is -1.52. The van der Waals surface area contributed by atoms with Crippen LogP contribution in [0.5, 0.6) is 0 Å². The second-order valence-corrected chi connectivity index (χ2v) is 6.20. The van der Waals surface area contributed by atoms with Gasteiger partial charge in [-0.1, -0.05) is 12.1 Å². The molecule has 124 valence electrons. The van der Waals surface area contributed by atoms with Crippen LogP contribution in [0.2, 0.25) is 0 Å². The Hall–Kier alpha value is -1.95. The van der Waals surface area contributed by atoms with Gasteiger partial charge in [-0.05, 0) is 42.9 Å². The summed E-state index contributed by atoms with van der Waals surface area (Å²) in [7, 11) is 0. The molecule has 1 aromatic carbocycles. The molecule has 6 heteroatoms. The lowest BCUT2D eigenvalue weighted by Crippen LogP contribution is -2.46. The molecular weight excluding hydrogens is 301 g/mol. The van der Waals surface area contributed by atoms with E-state index in [2.05, 4.69) is 0 Å². The number of carboxylic acids is 1. The van der Waals surface area contributed by atoms with E-state index in [1.807, 2.05) is 0 Å².